The van der Waals surface area contributed by atoms with E-state index in [0.717, 1.165) is 12.1 Å². The van der Waals surface area contributed by atoms with Gasteiger partial charge in [-0.2, -0.15) is 0 Å². The molecule has 0 fully saturated rings. The van der Waals surface area contributed by atoms with Crippen LogP contribution >= 0.6 is 23.5 Å². The van der Waals surface area contributed by atoms with Crippen LogP contribution in [0.1, 0.15) is 38.9 Å². The average Bonchev–Trinajstić information content (AvgIpc) is 2.23. The molecule has 0 saturated heterocycles. The second-order valence-electron chi connectivity index (χ2n) is 4.81. The highest BCUT2D eigenvalue weighted by Crippen LogP contribution is 2.26. The van der Waals surface area contributed by atoms with Crippen LogP contribution in [0.3, 0.4) is 0 Å². The van der Waals surface area contributed by atoms with E-state index in [1.807, 2.05) is 12.1 Å². The van der Waals surface area contributed by atoms with Crippen LogP contribution in [0.25, 0.3) is 0 Å². The van der Waals surface area contributed by atoms with E-state index in [1.165, 1.54) is 0 Å². The van der Waals surface area contributed by atoms with Gasteiger partial charge in [-0.25, -0.2) is 0 Å². The number of hydrogen-bond acceptors (Lipinski definition) is 3. The average molecular weight is 271 g/mol. The molecule has 1 heterocycles. The number of rotatable bonds is 5. The third kappa shape index (κ3) is 5.57. The molecule has 1 aromatic heterocycles. The Morgan fingerprint density at radius 1 is 1.59 bits per heavy atom. The number of nitrogens with one attached hydrogen (secondary N) is 1. The van der Waals surface area contributed by atoms with Crippen LogP contribution in [-0.4, -0.2) is 9.73 Å². The van der Waals surface area contributed by atoms with Gasteiger partial charge in [0.05, 0.1) is 11.7 Å². The van der Waals surface area contributed by atoms with E-state index < -0.39 is 0 Å². The third-order valence-electron chi connectivity index (χ3n) is 2.01. The van der Waals surface area contributed by atoms with Crippen molar-refractivity contribution < 1.29 is 0 Å². The van der Waals surface area contributed by atoms with Gasteiger partial charge >= 0.3 is 0 Å². The van der Waals surface area contributed by atoms with Crippen LogP contribution in [0.4, 0.5) is 0 Å². The Hall–Kier alpha value is -0.510. The number of pyridine rings is 1. The van der Waals surface area contributed by atoms with Gasteiger partial charge in [0.1, 0.15) is 0 Å². The molecular weight excluding hydrogens is 252 g/mol. The highest BCUT2D eigenvalue weighted by Gasteiger charge is 2.16. The minimum Gasteiger partial charge on any atom is -0.259 e. The molecule has 0 aliphatic rings. The fourth-order valence-electron chi connectivity index (χ4n) is 1.26. The van der Waals surface area contributed by atoms with Crippen LogP contribution in [0, 0.1) is 0 Å². The van der Waals surface area contributed by atoms with Gasteiger partial charge in [0, 0.05) is 16.0 Å². The van der Waals surface area contributed by atoms with Crippen molar-refractivity contribution in [1.82, 2.24) is 9.71 Å². The Bertz CT molecular complexity index is 374. The molecule has 4 heteroatoms. The Labute approximate surface area is 113 Å². The Balaban J connectivity index is 2.75. The quantitative estimate of drug-likeness (QED) is 0.635. The van der Waals surface area contributed by atoms with Crippen molar-refractivity contribution in [3.8, 4) is 0 Å². The minimum atomic E-state index is 0.149. The summed E-state index contributed by atoms with van der Waals surface area (Å²) < 4.78 is 3.59. The Kier molecular flexibility index (Phi) is 5.50. The minimum absolute atomic E-state index is 0.149. The summed E-state index contributed by atoms with van der Waals surface area (Å²) in [7, 11) is 0. The molecule has 0 amide bonds. The van der Waals surface area contributed by atoms with Crippen molar-refractivity contribution in [2.24, 2.45) is 0 Å². The summed E-state index contributed by atoms with van der Waals surface area (Å²) in [5, 5.41) is 0.714. The van der Waals surface area contributed by atoms with Gasteiger partial charge in [-0.3, -0.25) is 9.71 Å². The van der Waals surface area contributed by atoms with Gasteiger partial charge in [0.15, 0.2) is 0 Å². The maximum absolute atomic E-state index is 5.98. The van der Waals surface area contributed by atoms with E-state index in [9.17, 15) is 0 Å². The molecule has 0 aromatic carbocycles. The van der Waals surface area contributed by atoms with Gasteiger partial charge in [-0.1, -0.05) is 29.6 Å². The van der Waals surface area contributed by atoms with E-state index in [2.05, 4.69) is 37.1 Å². The monoisotopic (exact) mass is 270 g/mol. The molecule has 0 radical (unpaired) electrons. The highest BCUT2D eigenvalue weighted by molar-refractivity contribution is 7.98. The lowest BCUT2D eigenvalue weighted by atomic mass is 10.1. The first kappa shape index (κ1) is 14.6. The van der Waals surface area contributed by atoms with E-state index in [-0.39, 0.29) is 10.8 Å². The third-order valence-corrected chi connectivity index (χ3v) is 3.26. The first-order valence-electron chi connectivity index (χ1n) is 5.58. The van der Waals surface area contributed by atoms with E-state index in [0.29, 0.717) is 5.02 Å². The van der Waals surface area contributed by atoms with Crippen molar-refractivity contribution in [3.63, 3.8) is 0 Å². The molecule has 0 aliphatic carbocycles. The summed E-state index contributed by atoms with van der Waals surface area (Å²) in [5.41, 5.74) is 0.953. The molecule has 2 nitrogen and oxygen atoms in total. The summed E-state index contributed by atoms with van der Waals surface area (Å²) >= 11 is 7.68. The lowest BCUT2D eigenvalue weighted by Crippen LogP contribution is -2.22. The summed E-state index contributed by atoms with van der Waals surface area (Å²) in [4.78, 5) is 4.35. The van der Waals surface area contributed by atoms with Crippen LogP contribution in [0.15, 0.2) is 31.0 Å². The maximum Gasteiger partial charge on any atom is 0.0628 e. The lowest BCUT2D eigenvalue weighted by molar-refractivity contribution is 0.654. The van der Waals surface area contributed by atoms with Gasteiger partial charge in [0.2, 0.25) is 0 Å². The van der Waals surface area contributed by atoms with Crippen molar-refractivity contribution in [2.45, 2.75) is 38.0 Å². The van der Waals surface area contributed by atoms with Gasteiger partial charge in [0.25, 0.3) is 0 Å². The van der Waals surface area contributed by atoms with Crippen molar-refractivity contribution in [2.75, 3.05) is 0 Å². The highest BCUT2D eigenvalue weighted by atomic mass is 35.5. The smallest absolute Gasteiger partial charge is 0.0628 e. The summed E-state index contributed by atoms with van der Waals surface area (Å²) in [5.74, 6) is 0. The molecule has 0 unspecified atom stereocenters. The molecule has 17 heavy (non-hydrogen) atoms. The van der Waals surface area contributed by atoms with E-state index >= 15 is 0 Å². The zero-order valence-corrected chi connectivity index (χ0v) is 12.1. The zero-order chi connectivity index (χ0) is 12.9. The van der Waals surface area contributed by atoms with Crippen LogP contribution in [0.2, 0.25) is 5.02 Å². The largest absolute Gasteiger partial charge is 0.259 e. The zero-order valence-electron chi connectivity index (χ0n) is 10.5. The molecule has 1 N–H and O–H groups in total. The van der Waals surface area contributed by atoms with Crippen molar-refractivity contribution in [3.05, 3.63) is 41.7 Å². The van der Waals surface area contributed by atoms with Crippen molar-refractivity contribution >= 4 is 23.5 Å². The fraction of sp³-hybridized carbons (Fsp3) is 0.462. The Morgan fingerprint density at radius 2 is 2.29 bits per heavy atom. The molecule has 1 aromatic rings. The summed E-state index contributed by atoms with van der Waals surface area (Å²) in [6.07, 6.45) is 4.46. The first-order valence-corrected chi connectivity index (χ1v) is 6.77. The topological polar surface area (TPSA) is 24.9 Å². The molecular formula is C13H19ClN2S. The molecule has 0 bridgehead atoms. The number of nitrogens with zero attached hydrogens (tertiary/aromatic N) is 1. The summed E-state index contributed by atoms with van der Waals surface area (Å²) in [6.45, 7) is 10.3. The standard InChI is InChI=1S/C13H19ClN2S/c1-5-6-11(16-17-13(2,3)4)12-9-10(14)7-8-15-12/h5,7-9,11,16H,1,6H2,2-4H3/t11-/m0/s1. The predicted molar refractivity (Wildman–Crippen MR) is 77.3 cm³/mol. The molecule has 1 atom stereocenters. The molecule has 1 rings (SSSR count). The molecule has 0 saturated carbocycles. The molecule has 94 valence electrons. The summed E-state index contributed by atoms with van der Waals surface area (Å²) in [6, 6.07) is 3.83. The fourth-order valence-corrected chi connectivity index (χ4v) is 2.14. The Morgan fingerprint density at radius 3 is 2.82 bits per heavy atom. The van der Waals surface area contributed by atoms with Crippen LogP contribution in [0.5, 0.6) is 0 Å². The van der Waals surface area contributed by atoms with Crippen LogP contribution in [-0.2, 0) is 0 Å². The molecule has 0 aliphatic heterocycles. The lowest BCUT2D eigenvalue weighted by Gasteiger charge is -2.23. The van der Waals surface area contributed by atoms with Gasteiger partial charge in [-0.05, 0) is 39.3 Å². The number of halogens is 1. The number of hydrogen-bond donors (Lipinski definition) is 1. The normalized spacial score (nSPS) is 13.4. The van der Waals surface area contributed by atoms with Gasteiger partial charge in [-0.15, -0.1) is 6.58 Å². The second-order valence-corrected chi connectivity index (χ2v) is 6.91. The number of aromatic nitrogens is 1. The van der Waals surface area contributed by atoms with E-state index in [1.54, 1.807) is 24.2 Å². The predicted octanol–water partition coefficient (Wildman–Crippen LogP) is 4.39. The maximum atomic E-state index is 5.98. The first-order chi connectivity index (χ1) is 7.92. The van der Waals surface area contributed by atoms with Crippen molar-refractivity contribution in [1.29, 1.82) is 0 Å². The SMILES string of the molecule is C=CC[C@H](NSC(C)(C)C)c1cc(Cl)ccn1. The van der Waals surface area contributed by atoms with Gasteiger partial charge < -0.3 is 0 Å². The van der Waals surface area contributed by atoms with E-state index in [4.69, 9.17) is 11.6 Å². The second kappa shape index (κ2) is 6.43. The van der Waals surface area contributed by atoms with Crippen LogP contribution < -0.4 is 4.72 Å². The molecule has 0 spiro atoms.